The summed E-state index contributed by atoms with van der Waals surface area (Å²) in [6, 6.07) is 11.0. The summed E-state index contributed by atoms with van der Waals surface area (Å²) >= 11 is 0. The standard InChI is InChI=1S/C28H24F6N6O2/c29-27(30,31)18-4-6-19(7-5-18)36-25-20-8-3-17(24-21(28(32,33)34)2-1-10-35-24)16-22(20)37-23(38-25)9-11-39-12-14-40(15-13-39)26(41)42/h1-8,10,16H,9,11-15H2,(H,41,42)(H,36,37,38). The number of halogens is 6. The van der Waals surface area contributed by atoms with Crippen LogP contribution in [0.4, 0.5) is 42.6 Å². The van der Waals surface area contributed by atoms with Crippen LogP contribution in [0.25, 0.3) is 22.2 Å². The second kappa shape index (κ2) is 11.4. The number of hydrogen-bond acceptors (Lipinski definition) is 6. The van der Waals surface area contributed by atoms with Gasteiger partial charge < -0.3 is 15.3 Å². The van der Waals surface area contributed by atoms with Crippen LogP contribution in [0.2, 0.25) is 0 Å². The number of rotatable bonds is 6. The highest BCUT2D eigenvalue weighted by Crippen LogP contribution is 2.37. The first kappa shape index (κ1) is 29.0. The summed E-state index contributed by atoms with van der Waals surface area (Å²) < 4.78 is 80.1. The third-order valence-corrected chi connectivity index (χ3v) is 6.90. The van der Waals surface area contributed by atoms with Crippen LogP contribution in [0.3, 0.4) is 0 Å². The number of piperazine rings is 1. The van der Waals surface area contributed by atoms with Crippen molar-refractivity contribution in [3.05, 3.63) is 77.7 Å². The van der Waals surface area contributed by atoms with Gasteiger partial charge in [0.2, 0.25) is 0 Å². The zero-order valence-corrected chi connectivity index (χ0v) is 21.9. The molecule has 0 spiro atoms. The van der Waals surface area contributed by atoms with E-state index in [1.807, 2.05) is 0 Å². The highest BCUT2D eigenvalue weighted by molar-refractivity contribution is 5.93. The molecular weight excluding hydrogens is 566 g/mol. The molecule has 1 aliphatic rings. The normalized spacial score (nSPS) is 14.8. The van der Waals surface area contributed by atoms with Crippen LogP contribution < -0.4 is 5.32 Å². The van der Waals surface area contributed by atoms with E-state index in [0.29, 0.717) is 61.6 Å². The summed E-state index contributed by atoms with van der Waals surface area (Å²) in [5, 5.41) is 12.6. The largest absolute Gasteiger partial charge is 0.465 e. The molecule has 3 heterocycles. The number of alkyl halides is 6. The number of nitrogens with one attached hydrogen (secondary N) is 1. The Morgan fingerprint density at radius 1 is 0.905 bits per heavy atom. The molecule has 8 nitrogen and oxygen atoms in total. The molecule has 1 aliphatic heterocycles. The first-order valence-electron chi connectivity index (χ1n) is 12.9. The van der Waals surface area contributed by atoms with Crippen molar-refractivity contribution in [1.29, 1.82) is 0 Å². The fraction of sp³-hybridized carbons (Fsp3) is 0.286. The second-order valence-electron chi connectivity index (χ2n) is 9.68. The minimum atomic E-state index is -4.63. The summed E-state index contributed by atoms with van der Waals surface area (Å²) in [5.41, 5.74) is -1.15. The zero-order chi connectivity index (χ0) is 30.1. The van der Waals surface area contributed by atoms with Crippen molar-refractivity contribution in [3.63, 3.8) is 0 Å². The maximum atomic E-state index is 13.7. The first-order chi connectivity index (χ1) is 19.9. The molecule has 0 saturated carbocycles. The molecule has 2 aromatic heterocycles. The topological polar surface area (TPSA) is 94.5 Å². The average Bonchev–Trinajstić information content (AvgIpc) is 2.95. The lowest BCUT2D eigenvalue weighted by atomic mass is 10.0. The van der Waals surface area contributed by atoms with Gasteiger partial charge in [0.25, 0.3) is 0 Å². The number of carbonyl (C=O) groups is 1. The predicted octanol–water partition coefficient (Wildman–Crippen LogP) is 6.31. The molecule has 2 N–H and O–H groups in total. The average molecular weight is 591 g/mol. The van der Waals surface area contributed by atoms with Crippen molar-refractivity contribution in [2.45, 2.75) is 18.8 Å². The smallest absolute Gasteiger partial charge is 0.418 e. The van der Waals surface area contributed by atoms with Crippen LogP contribution in [-0.2, 0) is 18.8 Å². The van der Waals surface area contributed by atoms with Gasteiger partial charge >= 0.3 is 18.4 Å². The fourth-order valence-corrected chi connectivity index (χ4v) is 4.70. The molecule has 0 atom stereocenters. The van der Waals surface area contributed by atoms with Crippen molar-refractivity contribution in [2.75, 3.05) is 38.0 Å². The van der Waals surface area contributed by atoms with Crippen molar-refractivity contribution in [3.8, 4) is 11.3 Å². The van der Waals surface area contributed by atoms with Crippen molar-refractivity contribution >= 4 is 28.5 Å². The molecule has 14 heteroatoms. The van der Waals surface area contributed by atoms with Crippen LogP contribution >= 0.6 is 0 Å². The van der Waals surface area contributed by atoms with E-state index in [2.05, 4.69) is 25.2 Å². The number of hydrogen-bond donors (Lipinski definition) is 2. The summed E-state index contributed by atoms with van der Waals surface area (Å²) in [4.78, 5) is 27.7. The maximum absolute atomic E-state index is 13.7. The van der Waals surface area contributed by atoms with Crippen molar-refractivity contribution in [1.82, 2.24) is 24.8 Å². The Morgan fingerprint density at radius 2 is 1.62 bits per heavy atom. The third-order valence-electron chi connectivity index (χ3n) is 6.90. The lowest BCUT2D eigenvalue weighted by molar-refractivity contribution is -0.138. The number of anilines is 2. The molecule has 0 aliphatic carbocycles. The quantitative estimate of drug-likeness (QED) is 0.254. The van der Waals surface area contributed by atoms with Gasteiger partial charge in [-0.25, -0.2) is 14.8 Å². The van der Waals surface area contributed by atoms with Gasteiger partial charge in [-0.15, -0.1) is 0 Å². The summed E-state index contributed by atoms with van der Waals surface area (Å²) in [6.45, 7) is 2.23. The van der Waals surface area contributed by atoms with E-state index in [-0.39, 0.29) is 17.1 Å². The molecule has 5 rings (SSSR count). The van der Waals surface area contributed by atoms with E-state index >= 15 is 0 Å². The predicted molar refractivity (Wildman–Crippen MR) is 142 cm³/mol. The van der Waals surface area contributed by atoms with Crippen LogP contribution in [0.15, 0.2) is 60.8 Å². The minimum Gasteiger partial charge on any atom is -0.465 e. The maximum Gasteiger partial charge on any atom is 0.418 e. The van der Waals surface area contributed by atoms with Gasteiger partial charge in [0, 0.05) is 62.0 Å². The van der Waals surface area contributed by atoms with Gasteiger partial charge in [-0.2, -0.15) is 26.3 Å². The molecule has 1 amide bonds. The fourth-order valence-electron chi connectivity index (χ4n) is 4.70. The van der Waals surface area contributed by atoms with E-state index in [9.17, 15) is 31.1 Å². The number of fused-ring (bicyclic) bond motifs is 1. The Labute approximate surface area is 235 Å². The Kier molecular flexibility index (Phi) is 7.91. The van der Waals surface area contributed by atoms with Crippen LogP contribution in [0, 0.1) is 0 Å². The zero-order valence-electron chi connectivity index (χ0n) is 21.9. The second-order valence-corrected chi connectivity index (χ2v) is 9.68. The molecule has 2 aromatic carbocycles. The lowest BCUT2D eigenvalue weighted by Gasteiger charge is -2.32. The number of aromatic nitrogens is 3. The molecule has 1 fully saturated rings. The highest BCUT2D eigenvalue weighted by atomic mass is 19.4. The SMILES string of the molecule is O=C(O)N1CCN(CCc2nc(Nc3ccc(C(F)(F)F)cc3)c3ccc(-c4ncccc4C(F)(F)F)cc3n2)CC1. The van der Waals surface area contributed by atoms with Gasteiger partial charge in [0.15, 0.2) is 0 Å². The lowest BCUT2D eigenvalue weighted by Crippen LogP contribution is -2.48. The van der Waals surface area contributed by atoms with Crippen molar-refractivity contribution < 1.29 is 36.2 Å². The van der Waals surface area contributed by atoms with E-state index in [1.165, 1.54) is 41.4 Å². The van der Waals surface area contributed by atoms with Gasteiger partial charge in [-0.05, 0) is 48.5 Å². The Balaban J connectivity index is 1.49. The molecular formula is C28H24F6N6O2. The van der Waals surface area contributed by atoms with Gasteiger partial charge in [-0.3, -0.25) is 9.88 Å². The summed E-state index contributed by atoms with van der Waals surface area (Å²) in [7, 11) is 0. The van der Waals surface area contributed by atoms with Gasteiger partial charge in [0.1, 0.15) is 11.6 Å². The third kappa shape index (κ3) is 6.54. The Morgan fingerprint density at radius 3 is 2.26 bits per heavy atom. The molecule has 42 heavy (non-hydrogen) atoms. The van der Waals surface area contributed by atoms with E-state index in [1.54, 1.807) is 6.07 Å². The highest BCUT2D eigenvalue weighted by Gasteiger charge is 2.34. The molecule has 0 unspecified atom stereocenters. The van der Waals surface area contributed by atoms with E-state index < -0.39 is 29.6 Å². The molecule has 220 valence electrons. The minimum absolute atomic E-state index is 0.186. The number of nitrogens with zero attached hydrogens (tertiary/aromatic N) is 5. The van der Waals surface area contributed by atoms with E-state index in [0.717, 1.165) is 18.2 Å². The molecule has 1 saturated heterocycles. The monoisotopic (exact) mass is 590 g/mol. The summed E-state index contributed by atoms with van der Waals surface area (Å²) in [5.74, 6) is 0.626. The molecule has 0 radical (unpaired) electrons. The van der Waals surface area contributed by atoms with Gasteiger partial charge in [-0.1, -0.05) is 6.07 Å². The number of amides is 1. The Hall–Kier alpha value is -4.46. The van der Waals surface area contributed by atoms with Crippen LogP contribution in [0.5, 0.6) is 0 Å². The van der Waals surface area contributed by atoms with Gasteiger partial charge in [0.05, 0.1) is 22.3 Å². The number of pyridine rings is 1. The van der Waals surface area contributed by atoms with Crippen LogP contribution in [0.1, 0.15) is 17.0 Å². The van der Waals surface area contributed by atoms with E-state index in [4.69, 9.17) is 5.11 Å². The molecule has 0 bridgehead atoms. The Bertz CT molecular complexity index is 1590. The van der Waals surface area contributed by atoms with Crippen LogP contribution in [-0.4, -0.2) is 68.7 Å². The summed E-state index contributed by atoms with van der Waals surface area (Å²) in [6.07, 6.45) is -8.51. The first-order valence-corrected chi connectivity index (χ1v) is 12.9. The van der Waals surface area contributed by atoms with Crippen molar-refractivity contribution in [2.24, 2.45) is 0 Å². The number of benzene rings is 2. The molecule has 4 aromatic rings. The number of carboxylic acid groups (broad SMARTS) is 1.